The van der Waals surface area contributed by atoms with E-state index < -0.39 is 33.8 Å². The molecule has 0 spiro atoms. The monoisotopic (exact) mass is 323 g/mol. The average Bonchev–Trinajstić information content (AvgIpc) is 2.51. The summed E-state index contributed by atoms with van der Waals surface area (Å²) < 4.78 is 38.0. The molecule has 0 saturated carbocycles. The average molecular weight is 323 g/mol. The first-order chi connectivity index (χ1) is 10.8. The van der Waals surface area contributed by atoms with Crippen molar-refractivity contribution in [1.82, 2.24) is 0 Å². The second-order valence-corrected chi connectivity index (χ2v) is 5.24. The minimum Gasteiger partial charge on any atom is -0.453 e. The van der Waals surface area contributed by atoms with Crippen LogP contribution in [0.15, 0.2) is 42.5 Å². The second kappa shape index (κ2) is 6.70. The zero-order valence-electron chi connectivity index (χ0n) is 12.6. The molecule has 2 aromatic carbocycles. The summed E-state index contributed by atoms with van der Waals surface area (Å²) in [5.74, 6) is -4.83. The first-order valence-electron chi connectivity index (χ1n) is 6.79. The minimum absolute atomic E-state index is 0.151. The van der Waals surface area contributed by atoms with Crippen molar-refractivity contribution in [2.45, 2.75) is 26.2 Å². The Kier molecular flexibility index (Phi) is 4.90. The van der Waals surface area contributed by atoms with Gasteiger partial charge in [0.1, 0.15) is 0 Å². The van der Waals surface area contributed by atoms with E-state index in [0.717, 1.165) is 11.6 Å². The third-order valence-electron chi connectivity index (χ3n) is 3.00. The summed E-state index contributed by atoms with van der Waals surface area (Å²) in [7, 11) is 0. The molecule has 0 bridgehead atoms. The number of nitrogens with zero attached hydrogens (tertiary/aromatic N) is 1. The number of ether oxygens (including phenoxy) is 2. The highest BCUT2D eigenvalue weighted by molar-refractivity contribution is 5.47. The SMILES string of the molecule is CC(C)(OCc1ccccc1)Oc1c([N+](=O)[O-])ccc(F)c1F. The third-order valence-corrected chi connectivity index (χ3v) is 3.00. The van der Waals surface area contributed by atoms with Crippen molar-refractivity contribution in [2.24, 2.45) is 0 Å². The molecule has 0 amide bonds. The molecule has 7 heteroatoms. The Balaban J connectivity index is 2.19. The highest BCUT2D eigenvalue weighted by Crippen LogP contribution is 2.34. The van der Waals surface area contributed by atoms with Crippen LogP contribution in [0.25, 0.3) is 0 Å². The van der Waals surface area contributed by atoms with E-state index in [1.54, 1.807) is 0 Å². The number of hydrogen-bond donors (Lipinski definition) is 0. The lowest BCUT2D eigenvalue weighted by molar-refractivity contribution is -0.387. The van der Waals surface area contributed by atoms with Crippen molar-refractivity contribution >= 4 is 5.69 Å². The molecule has 5 nitrogen and oxygen atoms in total. The van der Waals surface area contributed by atoms with Gasteiger partial charge in [0.05, 0.1) is 11.5 Å². The summed E-state index contributed by atoms with van der Waals surface area (Å²) in [6.07, 6.45) is 0. The van der Waals surface area contributed by atoms with Crippen LogP contribution in [0.2, 0.25) is 0 Å². The van der Waals surface area contributed by atoms with Crippen molar-refractivity contribution in [1.29, 1.82) is 0 Å². The molecule has 0 aliphatic rings. The van der Waals surface area contributed by atoms with Gasteiger partial charge in [0.15, 0.2) is 5.82 Å². The minimum atomic E-state index is -1.42. The maximum absolute atomic E-state index is 13.9. The summed E-state index contributed by atoms with van der Waals surface area (Å²) in [6, 6.07) is 10.7. The Morgan fingerprint density at radius 3 is 2.39 bits per heavy atom. The van der Waals surface area contributed by atoms with Crippen LogP contribution in [-0.4, -0.2) is 10.7 Å². The fourth-order valence-corrected chi connectivity index (χ4v) is 1.87. The van der Waals surface area contributed by atoms with E-state index in [1.807, 2.05) is 30.3 Å². The van der Waals surface area contributed by atoms with Gasteiger partial charge in [0, 0.05) is 19.9 Å². The molecule has 0 heterocycles. The van der Waals surface area contributed by atoms with Crippen LogP contribution in [0.3, 0.4) is 0 Å². The predicted molar refractivity (Wildman–Crippen MR) is 79.0 cm³/mol. The zero-order valence-corrected chi connectivity index (χ0v) is 12.6. The topological polar surface area (TPSA) is 61.6 Å². The fourth-order valence-electron chi connectivity index (χ4n) is 1.87. The summed E-state index contributed by atoms with van der Waals surface area (Å²) in [6.45, 7) is 3.08. The second-order valence-electron chi connectivity index (χ2n) is 5.24. The highest BCUT2D eigenvalue weighted by atomic mass is 19.2. The van der Waals surface area contributed by atoms with Crippen molar-refractivity contribution < 1.29 is 23.2 Å². The molecule has 23 heavy (non-hydrogen) atoms. The molecule has 0 N–H and O–H groups in total. The predicted octanol–water partition coefficient (Wildman–Crippen LogP) is 4.20. The van der Waals surface area contributed by atoms with Crippen LogP contribution in [0.4, 0.5) is 14.5 Å². The van der Waals surface area contributed by atoms with Gasteiger partial charge >= 0.3 is 5.69 Å². The lowest BCUT2D eigenvalue weighted by Gasteiger charge is -2.26. The van der Waals surface area contributed by atoms with E-state index in [0.29, 0.717) is 6.07 Å². The molecule has 0 aliphatic heterocycles. The molecule has 0 aliphatic carbocycles. The Labute approximate surface area is 131 Å². The van der Waals surface area contributed by atoms with E-state index in [-0.39, 0.29) is 6.61 Å². The first kappa shape index (κ1) is 16.8. The maximum Gasteiger partial charge on any atom is 0.314 e. The van der Waals surface area contributed by atoms with Gasteiger partial charge in [-0.25, -0.2) is 4.39 Å². The number of rotatable bonds is 6. The van der Waals surface area contributed by atoms with Gasteiger partial charge in [0.2, 0.25) is 17.4 Å². The molecule has 0 aromatic heterocycles. The molecule has 0 radical (unpaired) electrons. The van der Waals surface area contributed by atoms with E-state index >= 15 is 0 Å². The number of benzene rings is 2. The lowest BCUT2D eigenvalue weighted by Crippen LogP contribution is -2.32. The van der Waals surface area contributed by atoms with Crippen LogP contribution < -0.4 is 4.74 Å². The van der Waals surface area contributed by atoms with Gasteiger partial charge < -0.3 is 9.47 Å². The summed E-state index contributed by atoms with van der Waals surface area (Å²) in [5.41, 5.74) is 0.179. The molecule has 0 saturated heterocycles. The summed E-state index contributed by atoms with van der Waals surface area (Å²) >= 11 is 0. The smallest absolute Gasteiger partial charge is 0.314 e. The molecular formula is C16H15F2NO4. The Morgan fingerprint density at radius 2 is 1.78 bits per heavy atom. The fraction of sp³-hybridized carbons (Fsp3) is 0.250. The van der Waals surface area contributed by atoms with E-state index in [2.05, 4.69) is 0 Å². The van der Waals surface area contributed by atoms with Crippen molar-refractivity contribution in [3.05, 3.63) is 69.8 Å². The molecule has 0 unspecified atom stereocenters. The van der Waals surface area contributed by atoms with Crippen LogP contribution in [0.1, 0.15) is 19.4 Å². The van der Waals surface area contributed by atoms with Gasteiger partial charge in [0.25, 0.3) is 0 Å². The summed E-state index contributed by atoms with van der Waals surface area (Å²) in [4.78, 5) is 10.1. The van der Waals surface area contributed by atoms with E-state index in [1.165, 1.54) is 13.8 Å². The van der Waals surface area contributed by atoms with Crippen molar-refractivity contribution in [3.8, 4) is 5.75 Å². The number of halogens is 2. The van der Waals surface area contributed by atoms with Crippen LogP contribution in [0, 0.1) is 21.7 Å². The van der Waals surface area contributed by atoms with Gasteiger partial charge in [-0.1, -0.05) is 30.3 Å². The Bertz CT molecular complexity index is 705. The Hall–Kier alpha value is -2.54. The highest BCUT2D eigenvalue weighted by Gasteiger charge is 2.30. The molecular weight excluding hydrogens is 308 g/mol. The maximum atomic E-state index is 13.9. The first-order valence-corrected chi connectivity index (χ1v) is 6.79. The molecule has 0 atom stereocenters. The molecule has 122 valence electrons. The van der Waals surface area contributed by atoms with Gasteiger partial charge in [-0.05, 0) is 11.6 Å². The number of nitro benzene ring substituents is 1. The van der Waals surface area contributed by atoms with Crippen LogP contribution in [0.5, 0.6) is 5.75 Å². The number of nitro groups is 1. The van der Waals surface area contributed by atoms with Gasteiger partial charge in [-0.3, -0.25) is 10.1 Å². The van der Waals surface area contributed by atoms with Crippen molar-refractivity contribution in [2.75, 3.05) is 0 Å². The number of hydrogen-bond acceptors (Lipinski definition) is 4. The third kappa shape index (κ3) is 4.23. The van der Waals surface area contributed by atoms with Crippen LogP contribution >= 0.6 is 0 Å². The van der Waals surface area contributed by atoms with Crippen molar-refractivity contribution in [3.63, 3.8) is 0 Å². The molecule has 2 rings (SSSR count). The molecule has 2 aromatic rings. The largest absolute Gasteiger partial charge is 0.453 e. The Morgan fingerprint density at radius 1 is 1.13 bits per heavy atom. The van der Waals surface area contributed by atoms with Gasteiger partial charge in [-0.2, -0.15) is 4.39 Å². The summed E-state index contributed by atoms with van der Waals surface area (Å²) in [5, 5.41) is 10.9. The van der Waals surface area contributed by atoms with E-state index in [4.69, 9.17) is 9.47 Å². The lowest BCUT2D eigenvalue weighted by atomic mass is 10.2. The van der Waals surface area contributed by atoms with E-state index in [9.17, 15) is 18.9 Å². The molecule has 0 fully saturated rings. The van der Waals surface area contributed by atoms with Gasteiger partial charge in [-0.15, -0.1) is 0 Å². The standard InChI is InChI=1S/C16H15F2NO4/c1-16(2,22-10-11-6-4-3-5-7-11)23-15-13(19(20)21)9-8-12(17)14(15)18/h3-9H,10H2,1-2H3. The normalized spacial score (nSPS) is 11.3. The zero-order chi connectivity index (χ0) is 17.0. The van der Waals surface area contributed by atoms with Crippen LogP contribution in [-0.2, 0) is 11.3 Å². The quantitative estimate of drug-likeness (QED) is 0.454.